The summed E-state index contributed by atoms with van der Waals surface area (Å²) in [6.07, 6.45) is -2.55. The Labute approximate surface area is 139 Å². The molecule has 1 saturated heterocycles. The maximum absolute atomic E-state index is 13.2. The first-order chi connectivity index (χ1) is 11.4. The maximum atomic E-state index is 13.2. The molecule has 4 nitrogen and oxygen atoms in total. The predicted octanol–water partition coefficient (Wildman–Crippen LogP) is 3.25. The van der Waals surface area contributed by atoms with Crippen molar-refractivity contribution in [1.82, 2.24) is 9.80 Å². The molecule has 0 bridgehead atoms. The fourth-order valence-corrected chi connectivity index (χ4v) is 3.17. The Kier molecular flexibility index (Phi) is 4.51. The highest BCUT2D eigenvalue weighted by Crippen LogP contribution is 2.33. The van der Waals surface area contributed by atoms with Crippen molar-refractivity contribution < 1.29 is 18.0 Å². The smallest absolute Gasteiger partial charge is 0.342 e. The molecule has 2 heterocycles. The highest BCUT2D eigenvalue weighted by atomic mass is 19.4. The van der Waals surface area contributed by atoms with Crippen LogP contribution in [0.1, 0.15) is 35.7 Å². The standard InChI is InChI=1S/C17H20F3N3O/c1-12-6-9-22(10-7-12)16-21-8-11-23(16)15(24)13-4-2-3-5-14(13)17(18,19)20/h2-5,12H,6-11H2,1H3. The van der Waals surface area contributed by atoms with Crippen molar-refractivity contribution in [2.24, 2.45) is 10.9 Å². The van der Waals surface area contributed by atoms with E-state index in [9.17, 15) is 18.0 Å². The van der Waals surface area contributed by atoms with Gasteiger partial charge in [-0.3, -0.25) is 14.7 Å². The molecule has 1 aromatic carbocycles. The van der Waals surface area contributed by atoms with Crippen LogP contribution in [0.5, 0.6) is 0 Å². The zero-order valence-electron chi connectivity index (χ0n) is 13.5. The highest BCUT2D eigenvalue weighted by Gasteiger charge is 2.38. The van der Waals surface area contributed by atoms with Gasteiger partial charge in [-0.15, -0.1) is 0 Å². The maximum Gasteiger partial charge on any atom is 0.417 e. The molecule has 24 heavy (non-hydrogen) atoms. The Morgan fingerprint density at radius 3 is 2.50 bits per heavy atom. The lowest BCUT2D eigenvalue weighted by Crippen LogP contribution is -2.48. The van der Waals surface area contributed by atoms with E-state index in [0.717, 1.165) is 32.0 Å². The van der Waals surface area contributed by atoms with E-state index >= 15 is 0 Å². The predicted molar refractivity (Wildman–Crippen MR) is 84.8 cm³/mol. The molecule has 2 aliphatic rings. The van der Waals surface area contributed by atoms with Crippen LogP contribution >= 0.6 is 0 Å². The van der Waals surface area contributed by atoms with E-state index in [1.807, 2.05) is 4.90 Å². The number of rotatable bonds is 1. The van der Waals surface area contributed by atoms with E-state index in [2.05, 4.69) is 11.9 Å². The molecule has 0 unspecified atom stereocenters. The number of amides is 1. The van der Waals surface area contributed by atoms with E-state index < -0.39 is 17.6 Å². The normalized spacial score (nSPS) is 19.6. The molecular weight excluding hydrogens is 319 g/mol. The molecule has 0 radical (unpaired) electrons. The molecule has 0 aliphatic carbocycles. The topological polar surface area (TPSA) is 35.9 Å². The number of likely N-dealkylation sites (tertiary alicyclic amines) is 1. The molecule has 7 heteroatoms. The largest absolute Gasteiger partial charge is 0.417 e. The summed E-state index contributed by atoms with van der Waals surface area (Å²) in [5.41, 5.74) is -1.21. The van der Waals surface area contributed by atoms with Gasteiger partial charge in [0.25, 0.3) is 5.91 Å². The van der Waals surface area contributed by atoms with E-state index in [1.165, 1.54) is 23.1 Å². The monoisotopic (exact) mass is 339 g/mol. The van der Waals surface area contributed by atoms with Gasteiger partial charge in [0.1, 0.15) is 0 Å². The molecule has 1 aromatic rings. The number of piperidine rings is 1. The van der Waals surface area contributed by atoms with Gasteiger partial charge in [-0.05, 0) is 30.9 Å². The summed E-state index contributed by atoms with van der Waals surface area (Å²) in [6, 6.07) is 4.94. The number of carbonyl (C=O) groups excluding carboxylic acids is 1. The van der Waals surface area contributed by atoms with Crippen molar-refractivity contribution in [3.05, 3.63) is 35.4 Å². The third-order valence-corrected chi connectivity index (χ3v) is 4.59. The minimum Gasteiger partial charge on any atom is -0.342 e. The highest BCUT2D eigenvalue weighted by molar-refractivity contribution is 6.07. The van der Waals surface area contributed by atoms with Crippen LogP contribution in [-0.2, 0) is 6.18 Å². The molecule has 2 aliphatic heterocycles. The average molecular weight is 339 g/mol. The quantitative estimate of drug-likeness (QED) is 0.787. The van der Waals surface area contributed by atoms with Gasteiger partial charge in [0, 0.05) is 19.6 Å². The van der Waals surface area contributed by atoms with E-state index in [-0.39, 0.29) is 5.56 Å². The Balaban J connectivity index is 1.84. The summed E-state index contributed by atoms with van der Waals surface area (Å²) in [7, 11) is 0. The Morgan fingerprint density at radius 1 is 1.17 bits per heavy atom. The van der Waals surface area contributed by atoms with Crippen LogP contribution in [-0.4, -0.2) is 47.8 Å². The van der Waals surface area contributed by atoms with E-state index in [4.69, 9.17) is 0 Å². The molecule has 1 fully saturated rings. The van der Waals surface area contributed by atoms with Crippen molar-refractivity contribution in [3.8, 4) is 0 Å². The van der Waals surface area contributed by atoms with Gasteiger partial charge < -0.3 is 4.90 Å². The summed E-state index contributed by atoms with van der Waals surface area (Å²) >= 11 is 0. The number of hydrogen-bond acceptors (Lipinski definition) is 3. The van der Waals surface area contributed by atoms with Gasteiger partial charge >= 0.3 is 6.18 Å². The average Bonchev–Trinajstić information content (AvgIpc) is 3.03. The lowest BCUT2D eigenvalue weighted by molar-refractivity contribution is -0.138. The molecule has 0 aromatic heterocycles. The molecule has 0 spiro atoms. The summed E-state index contributed by atoms with van der Waals surface area (Å²) in [5.74, 6) is 0.514. The van der Waals surface area contributed by atoms with Crippen LogP contribution in [0, 0.1) is 5.92 Å². The van der Waals surface area contributed by atoms with Crippen molar-refractivity contribution >= 4 is 11.9 Å². The van der Waals surface area contributed by atoms with Gasteiger partial charge in [-0.2, -0.15) is 13.2 Å². The molecular formula is C17H20F3N3O. The Hall–Kier alpha value is -2.05. The number of guanidine groups is 1. The zero-order chi connectivity index (χ0) is 17.3. The molecule has 3 rings (SSSR count). The first-order valence-corrected chi connectivity index (χ1v) is 8.15. The van der Waals surface area contributed by atoms with Crippen molar-refractivity contribution in [1.29, 1.82) is 0 Å². The van der Waals surface area contributed by atoms with Crippen LogP contribution < -0.4 is 0 Å². The third kappa shape index (κ3) is 3.25. The number of halogens is 3. The lowest BCUT2D eigenvalue weighted by Gasteiger charge is -2.35. The number of hydrogen-bond donors (Lipinski definition) is 0. The van der Waals surface area contributed by atoms with Crippen molar-refractivity contribution in [2.75, 3.05) is 26.2 Å². The molecule has 130 valence electrons. The summed E-state index contributed by atoms with van der Waals surface area (Å²) in [6.45, 7) is 4.50. The Morgan fingerprint density at radius 2 is 1.83 bits per heavy atom. The lowest BCUT2D eigenvalue weighted by atomic mass is 9.99. The van der Waals surface area contributed by atoms with Gasteiger partial charge in [-0.25, -0.2) is 0 Å². The number of aliphatic imine (C=N–C) groups is 1. The number of nitrogens with zero attached hydrogens (tertiary/aromatic N) is 3. The summed E-state index contributed by atoms with van der Waals surface area (Å²) < 4.78 is 39.5. The second-order valence-electron chi connectivity index (χ2n) is 6.35. The molecule has 0 N–H and O–H groups in total. The van der Waals surface area contributed by atoms with Gasteiger partial charge in [0.05, 0.1) is 17.7 Å². The zero-order valence-corrected chi connectivity index (χ0v) is 13.5. The minimum atomic E-state index is -4.55. The second-order valence-corrected chi connectivity index (χ2v) is 6.35. The van der Waals surface area contributed by atoms with Crippen LogP contribution in [0.25, 0.3) is 0 Å². The van der Waals surface area contributed by atoms with Crippen LogP contribution in [0.4, 0.5) is 13.2 Å². The first kappa shape index (κ1) is 16.8. The fraction of sp³-hybridized carbons (Fsp3) is 0.529. The molecule has 0 atom stereocenters. The van der Waals surface area contributed by atoms with E-state index in [0.29, 0.717) is 25.0 Å². The van der Waals surface area contributed by atoms with Gasteiger partial charge in [0.15, 0.2) is 0 Å². The van der Waals surface area contributed by atoms with Gasteiger partial charge in [-0.1, -0.05) is 19.1 Å². The second kappa shape index (κ2) is 6.45. The molecule has 1 amide bonds. The van der Waals surface area contributed by atoms with Crippen LogP contribution in [0.2, 0.25) is 0 Å². The van der Waals surface area contributed by atoms with Crippen LogP contribution in [0.15, 0.2) is 29.3 Å². The number of benzene rings is 1. The minimum absolute atomic E-state index is 0.315. The SMILES string of the molecule is CC1CCN(C2=NCCN2C(=O)c2ccccc2C(F)(F)F)CC1. The Bertz CT molecular complexity index is 649. The summed E-state index contributed by atoms with van der Waals surface area (Å²) in [5, 5.41) is 0. The first-order valence-electron chi connectivity index (χ1n) is 8.15. The summed E-state index contributed by atoms with van der Waals surface area (Å²) in [4.78, 5) is 20.5. The molecule has 0 saturated carbocycles. The number of alkyl halides is 3. The van der Waals surface area contributed by atoms with E-state index in [1.54, 1.807) is 0 Å². The van der Waals surface area contributed by atoms with Crippen molar-refractivity contribution in [2.45, 2.75) is 25.9 Å². The van der Waals surface area contributed by atoms with Crippen molar-refractivity contribution in [3.63, 3.8) is 0 Å². The third-order valence-electron chi connectivity index (χ3n) is 4.59. The van der Waals surface area contributed by atoms with Gasteiger partial charge in [0.2, 0.25) is 5.96 Å². The number of carbonyl (C=O) groups is 1. The fourth-order valence-electron chi connectivity index (χ4n) is 3.17. The van der Waals surface area contributed by atoms with Crippen LogP contribution in [0.3, 0.4) is 0 Å².